The molecular formula is C27H27F4N3O4. The van der Waals surface area contributed by atoms with Gasteiger partial charge >= 0.3 is 12.3 Å². The van der Waals surface area contributed by atoms with Crippen molar-refractivity contribution in [3.05, 3.63) is 71.4 Å². The lowest BCUT2D eigenvalue weighted by molar-refractivity contribution is -0.138. The van der Waals surface area contributed by atoms with E-state index in [1.807, 2.05) is 0 Å². The van der Waals surface area contributed by atoms with Crippen molar-refractivity contribution >= 4 is 12.2 Å². The van der Waals surface area contributed by atoms with E-state index in [1.54, 1.807) is 39.0 Å². The second kappa shape index (κ2) is 10.8. The maximum atomic E-state index is 13.8. The number of alkyl halides is 3. The molecule has 0 unspecified atom stereocenters. The summed E-state index contributed by atoms with van der Waals surface area (Å²) in [5, 5.41) is 3.86. The molecule has 11 heteroatoms. The van der Waals surface area contributed by atoms with Crippen molar-refractivity contribution in [2.45, 2.75) is 51.4 Å². The first-order valence-electron chi connectivity index (χ1n) is 12.0. The van der Waals surface area contributed by atoms with E-state index in [4.69, 9.17) is 14.0 Å². The van der Waals surface area contributed by atoms with Crippen molar-refractivity contribution in [3.8, 4) is 17.1 Å². The highest BCUT2D eigenvalue weighted by Gasteiger charge is 2.38. The van der Waals surface area contributed by atoms with Crippen molar-refractivity contribution in [2.75, 3.05) is 13.2 Å². The number of carbonyl (C=O) groups is 1. The average Bonchev–Trinajstić information content (AvgIpc) is 3.51. The zero-order valence-corrected chi connectivity index (χ0v) is 21.1. The minimum absolute atomic E-state index is 0.0377. The average molecular weight is 534 g/mol. The molecule has 4 rings (SSSR count). The summed E-state index contributed by atoms with van der Waals surface area (Å²) >= 11 is 0. The molecule has 202 valence electrons. The second-order valence-corrected chi connectivity index (χ2v) is 9.76. The number of amides is 1. The van der Waals surface area contributed by atoms with Gasteiger partial charge in [0.15, 0.2) is 0 Å². The van der Waals surface area contributed by atoms with Gasteiger partial charge in [0.2, 0.25) is 11.7 Å². The first-order chi connectivity index (χ1) is 17.9. The summed E-state index contributed by atoms with van der Waals surface area (Å²) in [7, 11) is 0. The zero-order chi connectivity index (χ0) is 27.5. The molecule has 0 radical (unpaired) electrons. The Labute approximate surface area is 217 Å². The Morgan fingerprint density at radius 3 is 2.58 bits per heavy atom. The number of aromatic nitrogens is 2. The third-order valence-corrected chi connectivity index (χ3v) is 5.67. The van der Waals surface area contributed by atoms with Crippen LogP contribution < -0.4 is 4.74 Å². The highest BCUT2D eigenvalue weighted by molar-refractivity contribution is 5.69. The van der Waals surface area contributed by atoms with E-state index >= 15 is 0 Å². The summed E-state index contributed by atoms with van der Waals surface area (Å²) < 4.78 is 70.6. The van der Waals surface area contributed by atoms with Crippen LogP contribution in [-0.2, 0) is 10.9 Å². The normalized spacial score (nSPS) is 16.3. The smallest absolute Gasteiger partial charge is 0.419 e. The Morgan fingerprint density at radius 2 is 1.89 bits per heavy atom. The molecule has 1 amide bonds. The molecule has 0 bridgehead atoms. The molecule has 0 saturated carbocycles. The Hall–Kier alpha value is -3.89. The molecule has 7 nitrogen and oxygen atoms in total. The van der Waals surface area contributed by atoms with Gasteiger partial charge in [-0.25, -0.2) is 9.18 Å². The monoisotopic (exact) mass is 533 g/mol. The summed E-state index contributed by atoms with van der Waals surface area (Å²) in [6.07, 6.45) is -0.809. The molecule has 38 heavy (non-hydrogen) atoms. The standard InChI is InChI=1S/C27H27F4N3O4/c1-26(2,3)37-25(35)34-14-4-7-21(34)24-32-23(33-38-24)18-10-13-22(20(16-18)27(29,30)31)36-15-5-6-17-8-11-19(28)12-9-17/h5-6,8-13,16,21H,4,7,14-15H2,1-3H3/b6-5+/t21-/m0/s1. The highest BCUT2D eigenvalue weighted by Crippen LogP contribution is 2.39. The van der Waals surface area contributed by atoms with Crippen LogP contribution in [0, 0.1) is 5.82 Å². The number of rotatable bonds is 6. The van der Waals surface area contributed by atoms with Gasteiger partial charge in [-0.05, 0) is 75.6 Å². The van der Waals surface area contributed by atoms with Crippen LogP contribution in [0.2, 0.25) is 0 Å². The zero-order valence-electron chi connectivity index (χ0n) is 21.1. The number of halogens is 4. The first kappa shape index (κ1) is 27.2. The Kier molecular flexibility index (Phi) is 7.75. The lowest BCUT2D eigenvalue weighted by atomic mass is 10.1. The number of hydrogen-bond donors (Lipinski definition) is 0. The number of hydrogen-bond acceptors (Lipinski definition) is 6. The maximum absolute atomic E-state index is 13.8. The minimum atomic E-state index is -4.70. The fraction of sp³-hybridized carbons (Fsp3) is 0.370. The van der Waals surface area contributed by atoms with E-state index in [-0.39, 0.29) is 35.5 Å². The van der Waals surface area contributed by atoms with Gasteiger partial charge in [-0.15, -0.1) is 0 Å². The quantitative estimate of drug-likeness (QED) is 0.316. The lowest BCUT2D eigenvalue weighted by Crippen LogP contribution is -2.36. The molecule has 1 fully saturated rings. The first-order valence-corrected chi connectivity index (χ1v) is 12.0. The van der Waals surface area contributed by atoms with E-state index in [2.05, 4.69) is 10.1 Å². The van der Waals surface area contributed by atoms with Crippen LogP contribution in [0.5, 0.6) is 5.75 Å². The number of carbonyl (C=O) groups excluding carboxylic acids is 1. The second-order valence-electron chi connectivity index (χ2n) is 9.76. The van der Waals surface area contributed by atoms with Crippen LogP contribution in [0.1, 0.15) is 56.7 Å². The van der Waals surface area contributed by atoms with Crippen molar-refractivity contribution < 1.29 is 36.4 Å². The summed E-state index contributed by atoms with van der Waals surface area (Å²) in [5.41, 5.74) is -0.906. The van der Waals surface area contributed by atoms with E-state index in [1.165, 1.54) is 35.2 Å². The molecule has 1 atom stereocenters. The van der Waals surface area contributed by atoms with E-state index in [0.29, 0.717) is 24.9 Å². The summed E-state index contributed by atoms with van der Waals surface area (Å²) in [6.45, 7) is 5.59. The predicted molar refractivity (Wildman–Crippen MR) is 131 cm³/mol. The summed E-state index contributed by atoms with van der Waals surface area (Å²) in [6, 6.07) is 8.62. The van der Waals surface area contributed by atoms with Gasteiger partial charge in [-0.2, -0.15) is 18.2 Å². The summed E-state index contributed by atoms with van der Waals surface area (Å²) in [5.74, 6) is -0.654. The number of likely N-dealkylation sites (tertiary alicyclic amines) is 1. The molecule has 2 aromatic carbocycles. The van der Waals surface area contributed by atoms with Gasteiger partial charge in [0.1, 0.15) is 29.8 Å². The van der Waals surface area contributed by atoms with E-state index in [9.17, 15) is 22.4 Å². The fourth-order valence-corrected chi connectivity index (χ4v) is 3.96. The maximum Gasteiger partial charge on any atom is 0.419 e. The molecule has 0 N–H and O–H groups in total. The molecule has 1 saturated heterocycles. The van der Waals surface area contributed by atoms with Gasteiger partial charge in [0, 0.05) is 12.1 Å². The van der Waals surface area contributed by atoms with E-state index < -0.39 is 29.5 Å². The summed E-state index contributed by atoms with van der Waals surface area (Å²) in [4.78, 5) is 18.3. The van der Waals surface area contributed by atoms with Gasteiger partial charge in [-0.1, -0.05) is 23.4 Å². The number of ether oxygens (including phenoxy) is 2. The van der Waals surface area contributed by atoms with Gasteiger partial charge in [0.25, 0.3) is 0 Å². The van der Waals surface area contributed by atoms with Crippen LogP contribution in [0.15, 0.2) is 53.1 Å². The Bertz CT molecular complexity index is 1300. The van der Waals surface area contributed by atoms with Crippen LogP contribution in [-0.4, -0.2) is 39.9 Å². The molecule has 1 aromatic heterocycles. The number of benzene rings is 2. The largest absolute Gasteiger partial charge is 0.489 e. The van der Waals surface area contributed by atoms with Gasteiger partial charge < -0.3 is 14.0 Å². The van der Waals surface area contributed by atoms with Gasteiger partial charge in [-0.3, -0.25) is 4.90 Å². The molecular weight excluding hydrogens is 506 g/mol. The fourth-order valence-electron chi connectivity index (χ4n) is 3.96. The van der Waals surface area contributed by atoms with Crippen molar-refractivity contribution in [3.63, 3.8) is 0 Å². The highest BCUT2D eigenvalue weighted by atomic mass is 19.4. The Morgan fingerprint density at radius 1 is 1.16 bits per heavy atom. The van der Waals surface area contributed by atoms with Crippen molar-refractivity contribution in [2.24, 2.45) is 0 Å². The third kappa shape index (κ3) is 6.70. The molecule has 2 heterocycles. The van der Waals surface area contributed by atoms with Crippen LogP contribution in [0.25, 0.3) is 17.5 Å². The SMILES string of the molecule is CC(C)(C)OC(=O)N1CCC[C@H]1c1nc(-c2ccc(OC/C=C/c3ccc(F)cc3)c(C(F)(F)F)c2)no1. The molecule has 0 spiro atoms. The van der Waals surface area contributed by atoms with Crippen LogP contribution >= 0.6 is 0 Å². The van der Waals surface area contributed by atoms with E-state index in [0.717, 1.165) is 6.07 Å². The topological polar surface area (TPSA) is 77.7 Å². The van der Waals surface area contributed by atoms with Crippen LogP contribution in [0.4, 0.5) is 22.4 Å². The van der Waals surface area contributed by atoms with Crippen molar-refractivity contribution in [1.29, 1.82) is 0 Å². The van der Waals surface area contributed by atoms with Crippen molar-refractivity contribution in [1.82, 2.24) is 15.0 Å². The number of nitrogens with zero attached hydrogens (tertiary/aromatic N) is 3. The molecule has 1 aliphatic heterocycles. The lowest BCUT2D eigenvalue weighted by Gasteiger charge is -2.26. The molecule has 3 aromatic rings. The minimum Gasteiger partial charge on any atom is -0.489 e. The third-order valence-electron chi connectivity index (χ3n) is 5.67. The predicted octanol–water partition coefficient (Wildman–Crippen LogP) is 7.06. The molecule has 1 aliphatic rings. The Balaban J connectivity index is 1.50. The van der Waals surface area contributed by atoms with Gasteiger partial charge in [0.05, 0.1) is 5.56 Å². The van der Waals surface area contributed by atoms with Crippen LogP contribution in [0.3, 0.4) is 0 Å². The molecule has 0 aliphatic carbocycles.